The molecule has 0 fully saturated rings. The Balaban J connectivity index is 0.00000420. The van der Waals surface area contributed by atoms with Gasteiger partial charge in [-0.2, -0.15) is 0 Å². The van der Waals surface area contributed by atoms with Gasteiger partial charge in [0.15, 0.2) is 0 Å². The van der Waals surface area contributed by atoms with E-state index in [-0.39, 0.29) is 19.5 Å². The molecule has 0 heterocycles. The first kappa shape index (κ1) is 24.3. The number of aliphatic hydroxyl groups is 2. The standard InChI is InChI=1S/C20H18O8.Zn/c1-11-3-7-13(8-4-11)15(21)19(27,17(23)24)20(28,18(25)26)16(22)14-9-5-12(2)6-10-14;/h3-10,27-28H,1-2H3,(H,23,24)(H,25,26);/q;+2/p-2. The Kier molecular flexibility index (Phi) is 7.32. The Hall–Kier alpha value is -2.74. The van der Waals surface area contributed by atoms with Gasteiger partial charge in [-0.3, -0.25) is 9.59 Å². The van der Waals surface area contributed by atoms with E-state index in [1.807, 2.05) is 0 Å². The smallest absolute Gasteiger partial charge is 0.546 e. The molecule has 2 aromatic carbocycles. The van der Waals surface area contributed by atoms with Gasteiger partial charge in [-0.15, -0.1) is 0 Å². The van der Waals surface area contributed by atoms with E-state index in [2.05, 4.69) is 0 Å². The fourth-order valence-corrected chi connectivity index (χ4v) is 2.64. The fraction of sp³-hybridized carbons (Fsp3) is 0.200. The van der Waals surface area contributed by atoms with E-state index in [0.717, 1.165) is 24.3 Å². The van der Waals surface area contributed by atoms with E-state index in [1.54, 1.807) is 13.8 Å². The molecule has 2 aromatic rings. The molecule has 0 saturated carbocycles. The summed E-state index contributed by atoms with van der Waals surface area (Å²) in [6, 6.07) is 10.0. The maximum Gasteiger partial charge on any atom is 2.00 e. The van der Waals surface area contributed by atoms with Crippen LogP contribution in [0.15, 0.2) is 48.5 Å². The molecule has 146 valence electrons. The number of carboxylic acid groups (broad SMARTS) is 2. The second kappa shape index (κ2) is 8.74. The summed E-state index contributed by atoms with van der Waals surface area (Å²) < 4.78 is 0. The molecule has 9 heteroatoms. The molecule has 0 aliphatic carbocycles. The number of hydrogen-bond donors (Lipinski definition) is 2. The zero-order chi connectivity index (χ0) is 21.3. The van der Waals surface area contributed by atoms with Crippen LogP contribution in [0.1, 0.15) is 31.8 Å². The van der Waals surface area contributed by atoms with Crippen molar-refractivity contribution in [2.45, 2.75) is 25.0 Å². The summed E-state index contributed by atoms with van der Waals surface area (Å²) in [5.41, 5.74) is -7.81. The number of aliphatic carboxylic acids is 2. The average Bonchev–Trinajstić information content (AvgIpc) is 2.66. The monoisotopic (exact) mass is 448 g/mol. The van der Waals surface area contributed by atoms with E-state index in [4.69, 9.17) is 0 Å². The Morgan fingerprint density at radius 1 is 0.655 bits per heavy atom. The first-order chi connectivity index (χ1) is 13.0. The molecule has 2 N–H and O–H groups in total. The Morgan fingerprint density at radius 3 is 1.10 bits per heavy atom. The van der Waals surface area contributed by atoms with E-state index in [0.29, 0.717) is 11.1 Å². The Labute approximate surface area is 178 Å². The van der Waals surface area contributed by atoms with Crippen molar-refractivity contribution in [3.8, 4) is 0 Å². The molecule has 0 amide bonds. The number of carbonyl (C=O) groups excluding carboxylic acids is 4. The third kappa shape index (κ3) is 4.03. The number of benzene rings is 2. The van der Waals surface area contributed by atoms with Crippen molar-refractivity contribution >= 4 is 23.5 Å². The minimum Gasteiger partial charge on any atom is -0.546 e. The van der Waals surface area contributed by atoms with Crippen LogP contribution in [-0.4, -0.2) is 44.9 Å². The van der Waals surface area contributed by atoms with Crippen LogP contribution in [0, 0.1) is 13.8 Å². The minimum atomic E-state index is -4.14. The van der Waals surface area contributed by atoms with Crippen LogP contribution >= 0.6 is 0 Å². The Morgan fingerprint density at radius 2 is 0.897 bits per heavy atom. The van der Waals surface area contributed by atoms with E-state index in [9.17, 15) is 39.6 Å². The zero-order valence-electron chi connectivity index (χ0n) is 15.7. The van der Waals surface area contributed by atoms with Crippen LogP contribution in [0.2, 0.25) is 0 Å². The van der Waals surface area contributed by atoms with Gasteiger partial charge < -0.3 is 30.0 Å². The molecule has 2 unspecified atom stereocenters. The van der Waals surface area contributed by atoms with E-state index < -0.39 is 45.8 Å². The molecule has 0 saturated heterocycles. The van der Waals surface area contributed by atoms with Crippen molar-refractivity contribution < 1.29 is 59.1 Å². The summed E-state index contributed by atoms with van der Waals surface area (Å²) in [4.78, 5) is 48.7. The van der Waals surface area contributed by atoms with Gasteiger partial charge in [0.05, 0.1) is 11.9 Å². The summed E-state index contributed by atoms with van der Waals surface area (Å²) in [7, 11) is 0. The third-order valence-corrected chi connectivity index (χ3v) is 4.40. The number of hydrogen-bond acceptors (Lipinski definition) is 8. The van der Waals surface area contributed by atoms with Gasteiger partial charge in [-0.05, 0) is 13.8 Å². The quantitative estimate of drug-likeness (QED) is 0.289. The second-order valence-corrected chi connectivity index (χ2v) is 6.39. The molecule has 8 nitrogen and oxygen atoms in total. The normalized spacial score (nSPS) is 14.6. The van der Waals surface area contributed by atoms with Gasteiger partial charge >= 0.3 is 19.5 Å². The van der Waals surface area contributed by atoms with Gasteiger partial charge in [0.25, 0.3) is 0 Å². The number of carbonyl (C=O) groups is 4. The van der Waals surface area contributed by atoms with Crippen LogP contribution < -0.4 is 10.2 Å². The molecular weight excluding hydrogens is 434 g/mol. The van der Waals surface area contributed by atoms with Gasteiger partial charge in [0, 0.05) is 11.1 Å². The Bertz CT molecular complexity index is 872. The number of Topliss-reactive ketones (excluding diaryl/α,β-unsaturated/α-hetero) is 2. The van der Waals surface area contributed by atoms with E-state index in [1.165, 1.54) is 24.3 Å². The first-order valence-electron chi connectivity index (χ1n) is 8.06. The van der Waals surface area contributed by atoms with Gasteiger partial charge in [-0.25, -0.2) is 0 Å². The van der Waals surface area contributed by atoms with E-state index >= 15 is 0 Å². The topological polar surface area (TPSA) is 155 Å². The van der Waals surface area contributed by atoms with Crippen LogP contribution in [0.3, 0.4) is 0 Å². The summed E-state index contributed by atoms with van der Waals surface area (Å²) >= 11 is 0. The summed E-state index contributed by atoms with van der Waals surface area (Å²) in [6.45, 7) is 3.33. The molecule has 0 radical (unpaired) electrons. The maximum atomic E-state index is 12.7. The first-order valence-corrected chi connectivity index (χ1v) is 8.06. The van der Waals surface area contributed by atoms with Crippen molar-refractivity contribution in [2.75, 3.05) is 0 Å². The van der Waals surface area contributed by atoms with Crippen molar-refractivity contribution in [3.63, 3.8) is 0 Å². The molecular formula is C20H16O8Zn. The SMILES string of the molecule is Cc1ccc(C(=O)C(O)(C(=O)[O-])C(O)(C(=O)[O-])C(=O)c2ccc(C)cc2)cc1.[Zn+2]. The maximum absolute atomic E-state index is 12.7. The molecule has 0 aliphatic rings. The largest absolute Gasteiger partial charge is 2.00 e. The van der Waals surface area contributed by atoms with Crippen molar-refractivity contribution in [3.05, 3.63) is 70.8 Å². The molecule has 2 atom stereocenters. The number of carboxylic acids is 2. The zero-order valence-corrected chi connectivity index (χ0v) is 18.6. The number of rotatable bonds is 7. The third-order valence-electron chi connectivity index (χ3n) is 4.40. The molecule has 0 aromatic heterocycles. The predicted octanol–water partition coefficient (Wildman–Crippen LogP) is -1.67. The fourth-order valence-electron chi connectivity index (χ4n) is 2.64. The van der Waals surface area contributed by atoms with Crippen LogP contribution in [0.25, 0.3) is 0 Å². The molecule has 0 bridgehead atoms. The predicted molar refractivity (Wildman–Crippen MR) is 90.9 cm³/mol. The summed E-state index contributed by atoms with van der Waals surface area (Å²) in [5, 5.41) is 44.4. The molecule has 0 aliphatic heterocycles. The average molecular weight is 450 g/mol. The van der Waals surface area contributed by atoms with Crippen molar-refractivity contribution in [1.82, 2.24) is 0 Å². The summed E-state index contributed by atoms with van der Waals surface area (Å²) in [6.07, 6.45) is 0. The minimum absolute atomic E-state index is 0. The van der Waals surface area contributed by atoms with Gasteiger partial charge in [-0.1, -0.05) is 59.7 Å². The molecule has 0 spiro atoms. The van der Waals surface area contributed by atoms with Crippen LogP contribution in [-0.2, 0) is 29.1 Å². The van der Waals surface area contributed by atoms with Crippen LogP contribution in [0.4, 0.5) is 0 Å². The number of aryl methyl sites for hydroxylation is 2. The van der Waals surface area contributed by atoms with Gasteiger partial charge in [0.1, 0.15) is 0 Å². The summed E-state index contributed by atoms with van der Waals surface area (Å²) in [5.74, 6) is -8.80. The van der Waals surface area contributed by atoms with Crippen molar-refractivity contribution in [1.29, 1.82) is 0 Å². The molecule has 29 heavy (non-hydrogen) atoms. The van der Waals surface area contributed by atoms with Gasteiger partial charge in [0.2, 0.25) is 22.8 Å². The second-order valence-electron chi connectivity index (χ2n) is 6.39. The van der Waals surface area contributed by atoms with Crippen LogP contribution in [0.5, 0.6) is 0 Å². The molecule has 2 rings (SSSR count). The van der Waals surface area contributed by atoms with Crippen molar-refractivity contribution in [2.24, 2.45) is 0 Å². The number of ketones is 2.